The molecule has 1 fully saturated rings. The summed E-state index contributed by atoms with van der Waals surface area (Å²) in [6, 6.07) is 10.5. The minimum Gasteiger partial charge on any atom is -0.497 e. The number of amides is 4. The van der Waals surface area contributed by atoms with E-state index in [1.807, 2.05) is 47.9 Å². The molecular formula is C19H19N3O4. The lowest BCUT2D eigenvalue weighted by Crippen LogP contribution is -2.52. The van der Waals surface area contributed by atoms with Crippen LogP contribution in [0.1, 0.15) is 11.4 Å². The molecule has 134 valence electrons. The van der Waals surface area contributed by atoms with Gasteiger partial charge in [0.15, 0.2) is 0 Å². The van der Waals surface area contributed by atoms with Gasteiger partial charge in [-0.25, -0.2) is 4.79 Å². The van der Waals surface area contributed by atoms with Crippen molar-refractivity contribution in [3.05, 3.63) is 53.4 Å². The van der Waals surface area contributed by atoms with Gasteiger partial charge in [-0.2, -0.15) is 0 Å². The number of aryl methyl sites for hydroxylation is 1. The van der Waals surface area contributed by atoms with E-state index in [9.17, 15) is 14.4 Å². The van der Waals surface area contributed by atoms with Gasteiger partial charge < -0.3 is 9.30 Å². The van der Waals surface area contributed by atoms with Crippen molar-refractivity contribution in [3.63, 3.8) is 0 Å². The second kappa shape index (κ2) is 6.51. The number of aromatic nitrogens is 1. The molecule has 1 aliphatic rings. The van der Waals surface area contributed by atoms with Crippen molar-refractivity contribution in [2.75, 3.05) is 21.2 Å². The fraction of sp³-hybridized carbons (Fsp3) is 0.211. The van der Waals surface area contributed by atoms with Gasteiger partial charge in [0.25, 0.3) is 11.8 Å². The molecule has 0 radical (unpaired) electrons. The van der Waals surface area contributed by atoms with Crippen LogP contribution in [0.5, 0.6) is 5.75 Å². The van der Waals surface area contributed by atoms with Crippen LogP contribution in [0.4, 0.5) is 4.79 Å². The van der Waals surface area contributed by atoms with E-state index in [0.29, 0.717) is 5.69 Å². The number of benzene rings is 1. The second-order valence-corrected chi connectivity index (χ2v) is 6.00. The molecule has 2 heterocycles. The predicted octanol–water partition coefficient (Wildman–Crippen LogP) is 2.23. The fourth-order valence-corrected chi connectivity index (χ4v) is 2.88. The largest absolute Gasteiger partial charge is 0.497 e. The normalized spacial score (nSPS) is 14.9. The first kappa shape index (κ1) is 17.5. The van der Waals surface area contributed by atoms with Gasteiger partial charge in [0, 0.05) is 31.2 Å². The van der Waals surface area contributed by atoms with Crippen LogP contribution in [-0.4, -0.2) is 53.4 Å². The molecule has 0 saturated carbocycles. The second-order valence-electron chi connectivity index (χ2n) is 6.00. The lowest BCUT2D eigenvalue weighted by Gasteiger charge is -2.28. The summed E-state index contributed by atoms with van der Waals surface area (Å²) in [5.41, 5.74) is 2.42. The van der Waals surface area contributed by atoms with Crippen LogP contribution in [0.2, 0.25) is 0 Å². The SMILES string of the molecule is COc1ccc(-n2c(C)ccc2C=C2C(=O)N(C)C(=O)N(C)C2=O)cc1. The van der Waals surface area contributed by atoms with Gasteiger partial charge in [-0.15, -0.1) is 0 Å². The van der Waals surface area contributed by atoms with Crippen molar-refractivity contribution >= 4 is 23.9 Å². The van der Waals surface area contributed by atoms with Crippen molar-refractivity contribution in [1.29, 1.82) is 0 Å². The van der Waals surface area contributed by atoms with Crippen LogP contribution in [0.3, 0.4) is 0 Å². The number of nitrogens with zero attached hydrogens (tertiary/aromatic N) is 3. The number of methoxy groups -OCH3 is 1. The Morgan fingerprint density at radius 1 is 0.885 bits per heavy atom. The van der Waals surface area contributed by atoms with Crippen molar-refractivity contribution in [1.82, 2.24) is 14.4 Å². The maximum atomic E-state index is 12.4. The molecule has 0 unspecified atom stereocenters. The Morgan fingerprint density at radius 2 is 1.46 bits per heavy atom. The average Bonchev–Trinajstić information content (AvgIpc) is 3.02. The fourth-order valence-electron chi connectivity index (χ4n) is 2.88. The number of ether oxygens (including phenoxy) is 1. The summed E-state index contributed by atoms with van der Waals surface area (Å²) in [5, 5.41) is 0. The maximum Gasteiger partial charge on any atom is 0.333 e. The molecule has 4 amide bonds. The summed E-state index contributed by atoms with van der Waals surface area (Å²) < 4.78 is 7.10. The summed E-state index contributed by atoms with van der Waals surface area (Å²) in [7, 11) is 4.31. The topological polar surface area (TPSA) is 71.8 Å². The summed E-state index contributed by atoms with van der Waals surface area (Å²) in [4.78, 5) is 38.5. The number of likely N-dealkylation sites (N-methyl/N-ethyl adjacent to an activating group) is 2. The van der Waals surface area contributed by atoms with Gasteiger partial charge in [0.05, 0.1) is 7.11 Å². The first-order valence-corrected chi connectivity index (χ1v) is 7.99. The Kier molecular flexibility index (Phi) is 4.38. The molecule has 1 aromatic carbocycles. The summed E-state index contributed by atoms with van der Waals surface area (Å²) >= 11 is 0. The number of carbonyl (C=O) groups is 3. The number of carbonyl (C=O) groups excluding carboxylic acids is 3. The summed E-state index contributed by atoms with van der Waals surface area (Å²) in [6.07, 6.45) is 1.52. The Morgan fingerprint density at radius 3 is 2.00 bits per heavy atom. The van der Waals surface area contributed by atoms with E-state index in [1.165, 1.54) is 20.2 Å². The van der Waals surface area contributed by atoms with Crippen molar-refractivity contribution < 1.29 is 19.1 Å². The quantitative estimate of drug-likeness (QED) is 0.627. The molecular weight excluding hydrogens is 334 g/mol. The highest BCUT2D eigenvalue weighted by Gasteiger charge is 2.38. The minimum atomic E-state index is -0.640. The lowest BCUT2D eigenvalue weighted by atomic mass is 10.1. The van der Waals surface area contributed by atoms with Crippen molar-refractivity contribution in [2.24, 2.45) is 0 Å². The Labute approximate surface area is 151 Å². The molecule has 7 nitrogen and oxygen atoms in total. The van der Waals surface area contributed by atoms with Crippen molar-refractivity contribution in [2.45, 2.75) is 6.92 Å². The third kappa shape index (κ3) is 2.77. The van der Waals surface area contributed by atoms with Gasteiger partial charge >= 0.3 is 6.03 Å². The number of rotatable bonds is 3. The zero-order chi connectivity index (χ0) is 19.0. The highest BCUT2D eigenvalue weighted by Crippen LogP contribution is 2.23. The van der Waals surface area contributed by atoms with E-state index in [2.05, 4.69) is 0 Å². The number of hydrogen-bond acceptors (Lipinski definition) is 4. The van der Waals surface area contributed by atoms with Gasteiger partial charge in [0.1, 0.15) is 11.3 Å². The Bertz CT molecular complexity index is 899. The lowest BCUT2D eigenvalue weighted by molar-refractivity contribution is -0.134. The van der Waals surface area contributed by atoms with Crippen LogP contribution in [0, 0.1) is 6.92 Å². The highest BCUT2D eigenvalue weighted by atomic mass is 16.5. The van der Waals surface area contributed by atoms with Crippen LogP contribution < -0.4 is 4.74 Å². The molecule has 1 saturated heterocycles. The van der Waals surface area contributed by atoms with E-state index in [4.69, 9.17) is 4.74 Å². The molecule has 0 bridgehead atoms. The monoisotopic (exact) mass is 353 g/mol. The number of barbiturate groups is 1. The standard InChI is InChI=1S/C19H19N3O4/c1-12-5-6-14(22(12)13-7-9-15(26-4)10-8-13)11-16-17(23)20(2)19(25)21(3)18(16)24/h5-11H,1-4H3. The average molecular weight is 353 g/mol. The van der Waals surface area contributed by atoms with Gasteiger partial charge in [-0.1, -0.05) is 0 Å². The number of imide groups is 2. The predicted molar refractivity (Wildman–Crippen MR) is 96.0 cm³/mol. The van der Waals surface area contributed by atoms with Crippen LogP contribution >= 0.6 is 0 Å². The Balaban J connectivity index is 2.08. The molecule has 3 rings (SSSR count). The summed E-state index contributed by atoms with van der Waals surface area (Å²) in [5.74, 6) is -0.491. The molecule has 26 heavy (non-hydrogen) atoms. The first-order chi connectivity index (χ1) is 12.3. The van der Waals surface area contributed by atoms with E-state index in [0.717, 1.165) is 26.9 Å². The van der Waals surface area contributed by atoms with Gasteiger partial charge in [-0.3, -0.25) is 19.4 Å². The molecule has 7 heteroatoms. The molecule has 0 spiro atoms. The third-order valence-electron chi connectivity index (χ3n) is 4.37. The Hall–Kier alpha value is -3.35. The molecule has 0 atom stereocenters. The zero-order valence-corrected chi connectivity index (χ0v) is 15.0. The molecule has 1 aliphatic heterocycles. The summed E-state index contributed by atoms with van der Waals surface area (Å²) in [6.45, 7) is 1.93. The number of hydrogen-bond donors (Lipinski definition) is 0. The third-order valence-corrected chi connectivity index (χ3v) is 4.37. The zero-order valence-electron chi connectivity index (χ0n) is 15.0. The maximum absolute atomic E-state index is 12.4. The van der Waals surface area contributed by atoms with Crippen LogP contribution in [-0.2, 0) is 9.59 Å². The van der Waals surface area contributed by atoms with E-state index >= 15 is 0 Å². The van der Waals surface area contributed by atoms with Crippen molar-refractivity contribution in [3.8, 4) is 11.4 Å². The van der Waals surface area contributed by atoms with Gasteiger partial charge in [-0.05, 0) is 49.4 Å². The van der Waals surface area contributed by atoms with Crippen LogP contribution in [0.15, 0.2) is 42.0 Å². The van der Waals surface area contributed by atoms with E-state index in [-0.39, 0.29) is 5.57 Å². The van der Waals surface area contributed by atoms with E-state index < -0.39 is 17.8 Å². The smallest absolute Gasteiger partial charge is 0.333 e. The highest BCUT2D eigenvalue weighted by molar-refractivity contribution is 6.30. The van der Waals surface area contributed by atoms with E-state index in [1.54, 1.807) is 7.11 Å². The minimum absolute atomic E-state index is 0.0533. The molecule has 0 N–H and O–H groups in total. The van der Waals surface area contributed by atoms with Crippen LogP contribution in [0.25, 0.3) is 11.8 Å². The molecule has 1 aromatic heterocycles. The number of urea groups is 1. The van der Waals surface area contributed by atoms with Gasteiger partial charge in [0.2, 0.25) is 0 Å². The first-order valence-electron chi connectivity index (χ1n) is 7.99. The molecule has 2 aromatic rings. The molecule has 0 aliphatic carbocycles.